The fraction of sp³-hybridized carbons (Fsp3) is 0.429. The second-order valence-corrected chi connectivity index (χ2v) is 4.90. The highest BCUT2D eigenvalue weighted by molar-refractivity contribution is 5.84. The Morgan fingerprint density at radius 3 is 2.82 bits per heavy atom. The van der Waals surface area contributed by atoms with Crippen LogP contribution in [-0.2, 0) is 7.05 Å². The maximum absolute atomic E-state index is 9.91. The van der Waals surface area contributed by atoms with Gasteiger partial charge in [0, 0.05) is 25.0 Å². The molecule has 0 spiro atoms. The quantitative estimate of drug-likeness (QED) is 0.815. The van der Waals surface area contributed by atoms with E-state index in [9.17, 15) is 5.11 Å². The number of aryl methyl sites for hydroxylation is 2. The molecule has 3 rings (SSSR count). The summed E-state index contributed by atoms with van der Waals surface area (Å²) in [6.45, 7) is 3.07. The molecule has 0 radical (unpaired) electrons. The highest BCUT2D eigenvalue weighted by Gasteiger charge is 2.22. The van der Waals surface area contributed by atoms with Gasteiger partial charge in [-0.25, -0.2) is 0 Å². The maximum atomic E-state index is 9.91. The highest BCUT2D eigenvalue weighted by Crippen LogP contribution is 2.28. The number of hydrogen-bond acceptors (Lipinski definition) is 2. The summed E-state index contributed by atoms with van der Waals surface area (Å²) in [6, 6.07) is 8.62. The SMILES string of the molecule is Cc1cc2ccc(N3CCCC3O)cc2n1C. The van der Waals surface area contributed by atoms with Gasteiger partial charge in [-0.2, -0.15) is 0 Å². The predicted molar refractivity (Wildman–Crippen MR) is 70.2 cm³/mol. The molecule has 0 aliphatic carbocycles. The number of aliphatic hydroxyl groups excluding tert-OH is 1. The van der Waals surface area contributed by atoms with Gasteiger partial charge in [0.15, 0.2) is 0 Å². The van der Waals surface area contributed by atoms with Crippen molar-refractivity contribution in [3.05, 3.63) is 30.0 Å². The number of rotatable bonds is 1. The van der Waals surface area contributed by atoms with E-state index >= 15 is 0 Å². The lowest BCUT2D eigenvalue weighted by atomic mass is 10.2. The molecule has 1 atom stereocenters. The van der Waals surface area contributed by atoms with Crippen LogP contribution in [0.15, 0.2) is 24.3 Å². The van der Waals surface area contributed by atoms with Gasteiger partial charge in [0.05, 0.1) is 5.52 Å². The summed E-state index contributed by atoms with van der Waals surface area (Å²) in [4.78, 5) is 2.09. The second-order valence-electron chi connectivity index (χ2n) is 4.90. The molecule has 1 aromatic carbocycles. The van der Waals surface area contributed by atoms with Gasteiger partial charge in [-0.1, -0.05) is 6.07 Å². The Balaban J connectivity index is 2.09. The van der Waals surface area contributed by atoms with Gasteiger partial charge in [0.2, 0.25) is 0 Å². The molecule has 90 valence electrons. The lowest BCUT2D eigenvalue weighted by molar-refractivity contribution is 0.186. The summed E-state index contributed by atoms with van der Waals surface area (Å²) in [5.41, 5.74) is 3.63. The minimum atomic E-state index is -0.311. The monoisotopic (exact) mass is 230 g/mol. The first-order valence-corrected chi connectivity index (χ1v) is 6.17. The molecule has 0 bridgehead atoms. The molecule has 2 heterocycles. The Labute approximate surface area is 101 Å². The van der Waals surface area contributed by atoms with Crippen LogP contribution in [0.1, 0.15) is 18.5 Å². The fourth-order valence-corrected chi connectivity index (χ4v) is 2.69. The average Bonchev–Trinajstić information content (AvgIpc) is 2.85. The van der Waals surface area contributed by atoms with E-state index in [1.807, 2.05) is 0 Å². The maximum Gasteiger partial charge on any atom is 0.126 e. The molecule has 1 saturated heterocycles. The molecule has 1 N–H and O–H groups in total. The minimum Gasteiger partial charge on any atom is -0.374 e. The topological polar surface area (TPSA) is 28.4 Å². The number of hydrogen-bond donors (Lipinski definition) is 1. The molecule has 1 aliphatic heterocycles. The number of aliphatic hydroxyl groups is 1. The molecule has 3 nitrogen and oxygen atoms in total. The van der Waals surface area contributed by atoms with E-state index in [0.29, 0.717) is 0 Å². The van der Waals surface area contributed by atoms with Crippen LogP contribution in [0.2, 0.25) is 0 Å². The van der Waals surface area contributed by atoms with Crippen LogP contribution in [-0.4, -0.2) is 22.4 Å². The molecule has 1 aromatic heterocycles. The van der Waals surface area contributed by atoms with E-state index in [4.69, 9.17) is 0 Å². The zero-order valence-electron chi connectivity index (χ0n) is 10.3. The van der Waals surface area contributed by atoms with E-state index in [0.717, 1.165) is 25.1 Å². The van der Waals surface area contributed by atoms with Crippen LogP contribution in [0.5, 0.6) is 0 Å². The van der Waals surface area contributed by atoms with Gasteiger partial charge < -0.3 is 14.6 Å². The van der Waals surface area contributed by atoms with Gasteiger partial charge >= 0.3 is 0 Å². The first kappa shape index (κ1) is 10.7. The highest BCUT2D eigenvalue weighted by atomic mass is 16.3. The van der Waals surface area contributed by atoms with Crippen molar-refractivity contribution < 1.29 is 5.11 Å². The predicted octanol–water partition coefficient (Wildman–Crippen LogP) is 2.41. The normalized spacial score (nSPS) is 20.4. The Morgan fingerprint density at radius 1 is 1.29 bits per heavy atom. The van der Waals surface area contributed by atoms with Gasteiger partial charge in [-0.15, -0.1) is 0 Å². The Kier molecular flexibility index (Phi) is 2.37. The molecule has 17 heavy (non-hydrogen) atoms. The van der Waals surface area contributed by atoms with Gasteiger partial charge in [-0.3, -0.25) is 0 Å². The number of anilines is 1. The first-order chi connectivity index (χ1) is 8.16. The van der Waals surface area contributed by atoms with E-state index in [1.54, 1.807) is 0 Å². The number of fused-ring (bicyclic) bond motifs is 1. The lowest BCUT2D eigenvalue weighted by Crippen LogP contribution is -2.28. The van der Waals surface area contributed by atoms with Crippen molar-refractivity contribution in [2.75, 3.05) is 11.4 Å². The summed E-state index contributed by atoms with van der Waals surface area (Å²) in [6.07, 6.45) is 1.64. The van der Waals surface area contributed by atoms with Crippen molar-refractivity contribution in [1.82, 2.24) is 4.57 Å². The zero-order valence-corrected chi connectivity index (χ0v) is 10.3. The third-order valence-corrected chi connectivity index (χ3v) is 3.82. The first-order valence-electron chi connectivity index (χ1n) is 6.17. The van der Waals surface area contributed by atoms with E-state index in [2.05, 4.69) is 47.7 Å². The average molecular weight is 230 g/mol. The fourth-order valence-electron chi connectivity index (χ4n) is 2.69. The van der Waals surface area contributed by atoms with Crippen molar-refractivity contribution in [1.29, 1.82) is 0 Å². The standard InChI is InChI=1S/C14H18N2O/c1-10-8-11-5-6-12(9-13(11)15(10)2)16-7-3-4-14(16)17/h5-6,8-9,14,17H,3-4,7H2,1-2H3. The summed E-state index contributed by atoms with van der Waals surface area (Å²) < 4.78 is 2.20. The summed E-state index contributed by atoms with van der Waals surface area (Å²) in [7, 11) is 2.09. The van der Waals surface area contributed by atoms with Crippen LogP contribution in [0.3, 0.4) is 0 Å². The largest absolute Gasteiger partial charge is 0.374 e. The number of benzene rings is 1. The van der Waals surface area contributed by atoms with Crippen molar-refractivity contribution in [2.24, 2.45) is 7.05 Å². The van der Waals surface area contributed by atoms with Gasteiger partial charge in [0.1, 0.15) is 6.23 Å². The van der Waals surface area contributed by atoms with Gasteiger partial charge in [0.25, 0.3) is 0 Å². The van der Waals surface area contributed by atoms with Crippen molar-refractivity contribution >= 4 is 16.6 Å². The van der Waals surface area contributed by atoms with Crippen LogP contribution in [0, 0.1) is 6.92 Å². The Morgan fingerprint density at radius 2 is 2.12 bits per heavy atom. The van der Waals surface area contributed by atoms with Crippen molar-refractivity contribution in [3.8, 4) is 0 Å². The minimum absolute atomic E-state index is 0.311. The third kappa shape index (κ3) is 1.62. The molecule has 0 saturated carbocycles. The summed E-state index contributed by atoms with van der Waals surface area (Å²) >= 11 is 0. The summed E-state index contributed by atoms with van der Waals surface area (Å²) in [5, 5.41) is 11.2. The molecular formula is C14H18N2O. The zero-order chi connectivity index (χ0) is 12.0. The second kappa shape index (κ2) is 3.77. The molecule has 1 fully saturated rings. The number of aromatic nitrogens is 1. The van der Waals surface area contributed by atoms with Crippen molar-refractivity contribution in [3.63, 3.8) is 0 Å². The van der Waals surface area contributed by atoms with Crippen LogP contribution in [0.4, 0.5) is 5.69 Å². The third-order valence-electron chi connectivity index (χ3n) is 3.82. The smallest absolute Gasteiger partial charge is 0.126 e. The Bertz CT molecular complexity index is 559. The number of nitrogens with zero attached hydrogens (tertiary/aromatic N) is 2. The molecule has 1 aliphatic rings. The summed E-state index contributed by atoms with van der Waals surface area (Å²) in [5.74, 6) is 0. The lowest BCUT2D eigenvalue weighted by Gasteiger charge is -2.22. The van der Waals surface area contributed by atoms with Gasteiger partial charge in [-0.05, 0) is 43.4 Å². The van der Waals surface area contributed by atoms with E-state index < -0.39 is 0 Å². The van der Waals surface area contributed by atoms with E-state index in [1.165, 1.54) is 16.6 Å². The van der Waals surface area contributed by atoms with Crippen molar-refractivity contribution in [2.45, 2.75) is 26.0 Å². The molecule has 1 unspecified atom stereocenters. The van der Waals surface area contributed by atoms with Crippen LogP contribution >= 0.6 is 0 Å². The van der Waals surface area contributed by atoms with Crippen LogP contribution in [0.25, 0.3) is 10.9 Å². The van der Waals surface area contributed by atoms with Crippen LogP contribution < -0.4 is 4.90 Å². The molecule has 2 aromatic rings. The van der Waals surface area contributed by atoms with E-state index in [-0.39, 0.29) is 6.23 Å². The molecule has 3 heteroatoms. The molecule has 0 amide bonds. The molecular weight excluding hydrogens is 212 g/mol. The Hall–Kier alpha value is -1.48.